The monoisotopic (exact) mass is 328 g/mol. The maximum absolute atomic E-state index is 13.1. The highest BCUT2D eigenvalue weighted by Gasteiger charge is 2.15. The summed E-state index contributed by atoms with van der Waals surface area (Å²) in [6.45, 7) is 0.165. The molecule has 1 saturated carbocycles. The van der Waals surface area contributed by atoms with Crippen molar-refractivity contribution < 1.29 is 9.18 Å². The minimum Gasteiger partial charge on any atom is -0.375 e. The molecule has 1 aromatic carbocycles. The average molecular weight is 329 g/mol. The summed E-state index contributed by atoms with van der Waals surface area (Å²) < 4.78 is 13.8. The van der Waals surface area contributed by atoms with Gasteiger partial charge in [0.15, 0.2) is 0 Å². The first-order valence-corrected chi connectivity index (χ1v) is 7.43. The summed E-state index contributed by atoms with van der Waals surface area (Å²) >= 11 is 3.32. The Bertz CT molecular complexity index is 447. The van der Waals surface area contributed by atoms with E-state index in [4.69, 9.17) is 0 Å². The third kappa shape index (κ3) is 4.49. The summed E-state index contributed by atoms with van der Waals surface area (Å²) in [5, 5.41) is 5.96. The Morgan fingerprint density at radius 2 is 2.05 bits per heavy atom. The maximum Gasteiger partial charge on any atom is 0.239 e. The van der Waals surface area contributed by atoms with Crippen LogP contribution < -0.4 is 10.6 Å². The molecular weight excluding hydrogens is 311 g/mol. The third-order valence-corrected chi connectivity index (χ3v) is 4.03. The molecular formula is C14H18BrFN2O. The van der Waals surface area contributed by atoms with E-state index in [0.717, 1.165) is 17.3 Å². The zero-order valence-corrected chi connectivity index (χ0v) is 12.3. The van der Waals surface area contributed by atoms with Gasteiger partial charge in [-0.05, 0) is 47.0 Å². The van der Waals surface area contributed by atoms with Crippen LogP contribution in [-0.4, -0.2) is 18.5 Å². The second-order valence-electron chi connectivity index (χ2n) is 4.88. The first-order valence-electron chi connectivity index (χ1n) is 6.63. The Labute approximate surface area is 121 Å². The standard InChI is InChI=1S/C14H18BrFN2O/c15-12-7-6-10(16)8-13(12)17-9-14(19)18-11-4-2-1-3-5-11/h6-8,11,17H,1-5,9H2,(H,18,19). The van der Waals surface area contributed by atoms with Crippen molar-refractivity contribution in [1.29, 1.82) is 0 Å². The average Bonchev–Trinajstić information content (AvgIpc) is 2.41. The number of rotatable bonds is 4. The van der Waals surface area contributed by atoms with Gasteiger partial charge in [-0.2, -0.15) is 0 Å². The van der Waals surface area contributed by atoms with E-state index in [1.165, 1.54) is 31.4 Å². The van der Waals surface area contributed by atoms with Crippen molar-refractivity contribution in [2.75, 3.05) is 11.9 Å². The number of amides is 1. The van der Waals surface area contributed by atoms with E-state index in [2.05, 4.69) is 26.6 Å². The van der Waals surface area contributed by atoms with E-state index in [0.29, 0.717) is 11.7 Å². The molecule has 104 valence electrons. The molecule has 0 unspecified atom stereocenters. The van der Waals surface area contributed by atoms with Crippen LogP contribution in [-0.2, 0) is 4.79 Å². The molecule has 1 aromatic rings. The smallest absolute Gasteiger partial charge is 0.239 e. The van der Waals surface area contributed by atoms with Crippen LogP contribution in [0.2, 0.25) is 0 Å². The second-order valence-corrected chi connectivity index (χ2v) is 5.73. The van der Waals surface area contributed by atoms with Gasteiger partial charge in [0.25, 0.3) is 0 Å². The van der Waals surface area contributed by atoms with E-state index < -0.39 is 0 Å². The van der Waals surface area contributed by atoms with Crippen molar-refractivity contribution in [2.45, 2.75) is 38.1 Å². The van der Waals surface area contributed by atoms with Gasteiger partial charge in [0.1, 0.15) is 5.82 Å². The molecule has 2 rings (SSSR count). The van der Waals surface area contributed by atoms with Crippen molar-refractivity contribution in [3.8, 4) is 0 Å². The molecule has 0 atom stereocenters. The molecule has 5 heteroatoms. The number of carbonyl (C=O) groups is 1. The molecule has 0 radical (unpaired) electrons. The summed E-state index contributed by atoms with van der Waals surface area (Å²) in [7, 11) is 0. The molecule has 0 heterocycles. The lowest BCUT2D eigenvalue weighted by atomic mass is 9.95. The third-order valence-electron chi connectivity index (χ3n) is 3.34. The molecule has 2 N–H and O–H groups in total. The number of nitrogens with one attached hydrogen (secondary N) is 2. The SMILES string of the molecule is O=C(CNc1cc(F)ccc1Br)NC1CCCCC1. The minimum absolute atomic E-state index is 0.0388. The summed E-state index contributed by atoms with van der Waals surface area (Å²) in [6.07, 6.45) is 5.77. The van der Waals surface area contributed by atoms with Crippen LogP contribution >= 0.6 is 15.9 Å². The Hall–Kier alpha value is -1.10. The fourth-order valence-electron chi connectivity index (χ4n) is 2.33. The minimum atomic E-state index is -0.321. The Balaban J connectivity index is 1.81. The van der Waals surface area contributed by atoms with Crippen molar-refractivity contribution in [1.82, 2.24) is 5.32 Å². The highest BCUT2D eigenvalue weighted by molar-refractivity contribution is 9.10. The first-order chi connectivity index (χ1) is 9.15. The number of hydrogen-bond acceptors (Lipinski definition) is 2. The summed E-state index contributed by atoms with van der Waals surface area (Å²) in [5.74, 6) is -0.360. The van der Waals surface area contributed by atoms with Crippen molar-refractivity contribution >= 4 is 27.5 Å². The first kappa shape index (κ1) is 14.3. The van der Waals surface area contributed by atoms with Gasteiger partial charge < -0.3 is 10.6 Å². The van der Waals surface area contributed by atoms with Crippen molar-refractivity contribution in [3.05, 3.63) is 28.5 Å². The number of benzene rings is 1. The van der Waals surface area contributed by atoms with Gasteiger partial charge in [-0.1, -0.05) is 19.3 Å². The Morgan fingerprint density at radius 1 is 1.32 bits per heavy atom. The van der Waals surface area contributed by atoms with Gasteiger partial charge in [-0.15, -0.1) is 0 Å². The zero-order chi connectivity index (χ0) is 13.7. The van der Waals surface area contributed by atoms with E-state index >= 15 is 0 Å². The molecule has 1 amide bonds. The van der Waals surface area contributed by atoms with Crippen LogP contribution in [0.4, 0.5) is 10.1 Å². The molecule has 19 heavy (non-hydrogen) atoms. The molecule has 0 spiro atoms. The van der Waals surface area contributed by atoms with Gasteiger partial charge in [0, 0.05) is 10.5 Å². The summed E-state index contributed by atoms with van der Waals surface area (Å²) in [6, 6.07) is 4.67. The quantitative estimate of drug-likeness (QED) is 0.888. The highest BCUT2D eigenvalue weighted by Crippen LogP contribution is 2.22. The van der Waals surface area contributed by atoms with Gasteiger partial charge in [0.05, 0.1) is 12.2 Å². The lowest BCUT2D eigenvalue weighted by Gasteiger charge is -2.23. The van der Waals surface area contributed by atoms with Crippen LogP contribution in [0.3, 0.4) is 0 Å². The molecule has 3 nitrogen and oxygen atoms in total. The largest absolute Gasteiger partial charge is 0.375 e. The van der Waals surface area contributed by atoms with Gasteiger partial charge in [-0.25, -0.2) is 4.39 Å². The predicted octanol–water partition coefficient (Wildman–Crippen LogP) is 3.45. The van der Waals surface area contributed by atoms with Crippen LogP contribution in [0.1, 0.15) is 32.1 Å². The number of anilines is 1. The van der Waals surface area contributed by atoms with Crippen LogP contribution in [0, 0.1) is 5.82 Å². The number of halogens is 2. The van der Waals surface area contributed by atoms with Gasteiger partial charge in [0.2, 0.25) is 5.91 Å². The van der Waals surface area contributed by atoms with Crippen LogP contribution in [0.25, 0.3) is 0 Å². The fourth-order valence-corrected chi connectivity index (χ4v) is 2.72. The molecule has 0 aromatic heterocycles. The molecule has 0 aliphatic heterocycles. The van der Waals surface area contributed by atoms with Crippen molar-refractivity contribution in [3.63, 3.8) is 0 Å². The molecule has 1 aliphatic rings. The van der Waals surface area contributed by atoms with E-state index in [1.54, 1.807) is 6.07 Å². The fraction of sp³-hybridized carbons (Fsp3) is 0.500. The molecule has 0 saturated heterocycles. The van der Waals surface area contributed by atoms with E-state index in [-0.39, 0.29) is 18.3 Å². The molecule has 1 aliphatic carbocycles. The summed E-state index contributed by atoms with van der Waals surface area (Å²) in [4.78, 5) is 11.8. The number of hydrogen-bond donors (Lipinski definition) is 2. The zero-order valence-electron chi connectivity index (χ0n) is 10.7. The van der Waals surface area contributed by atoms with Crippen LogP contribution in [0.15, 0.2) is 22.7 Å². The van der Waals surface area contributed by atoms with Gasteiger partial charge >= 0.3 is 0 Å². The number of carbonyl (C=O) groups excluding carboxylic acids is 1. The highest BCUT2D eigenvalue weighted by atomic mass is 79.9. The van der Waals surface area contributed by atoms with Crippen molar-refractivity contribution in [2.24, 2.45) is 0 Å². The lowest BCUT2D eigenvalue weighted by molar-refractivity contribution is -0.120. The maximum atomic E-state index is 13.1. The Morgan fingerprint density at radius 3 is 2.79 bits per heavy atom. The topological polar surface area (TPSA) is 41.1 Å². The normalized spacial score (nSPS) is 16.1. The van der Waals surface area contributed by atoms with Crippen LogP contribution in [0.5, 0.6) is 0 Å². The van der Waals surface area contributed by atoms with E-state index in [9.17, 15) is 9.18 Å². The summed E-state index contributed by atoms with van der Waals surface area (Å²) in [5.41, 5.74) is 0.596. The molecule has 1 fully saturated rings. The van der Waals surface area contributed by atoms with E-state index in [1.807, 2.05) is 0 Å². The second kappa shape index (κ2) is 6.89. The Kier molecular flexibility index (Phi) is 5.19. The lowest BCUT2D eigenvalue weighted by Crippen LogP contribution is -2.39. The molecule has 0 bridgehead atoms. The van der Waals surface area contributed by atoms with Gasteiger partial charge in [-0.3, -0.25) is 4.79 Å². The predicted molar refractivity (Wildman–Crippen MR) is 77.6 cm³/mol.